The number of methoxy groups -OCH3 is 1. The highest BCUT2D eigenvalue weighted by Gasteiger charge is 2.22. The van der Waals surface area contributed by atoms with E-state index in [9.17, 15) is 18.0 Å². The lowest BCUT2D eigenvalue weighted by Gasteiger charge is -2.28. The van der Waals surface area contributed by atoms with Crippen LogP contribution in [0, 0.1) is 0 Å². The van der Waals surface area contributed by atoms with Crippen molar-refractivity contribution in [2.75, 3.05) is 33.1 Å². The minimum atomic E-state index is -3.54. The SMILES string of the molecule is COC(=O)N1CCc2ccc(NC(=O)c3ccc(S(=O)(=O)N(C)C)cc3)cc2C1. The van der Waals surface area contributed by atoms with Crippen LogP contribution in [-0.2, 0) is 27.7 Å². The Labute approximate surface area is 170 Å². The van der Waals surface area contributed by atoms with Crippen LogP contribution in [0.4, 0.5) is 10.5 Å². The highest BCUT2D eigenvalue weighted by atomic mass is 32.2. The van der Waals surface area contributed by atoms with E-state index in [-0.39, 0.29) is 16.9 Å². The van der Waals surface area contributed by atoms with Crippen LogP contribution < -0.4 is 5.32 Å². The Balaban J connectivity index is 1.74. The molecule has 1 aliphatic heterocycles. The van der Waals surface area contributed by atoms with Crippen molar-refractivity contribution >= 4 is 27.7 Å². The van der Waals surface area contributed by atoms with E-state index in [0.717, 1.165) is 21.9 Å². The maximum Gasteiger partial charge on any atom is 0.409 e. The molecule has 1 N–H and O–H groups in total. The van der Waals surface area contributed by atoms with Crippen molar-refractivity contribution in [1.29, 1.82) is 0 Å². The quantitative estimate of drug-likeness (QED) is 0.824. The molecule has 0 radical (unpaired) electrons. The summed E-state index contributed by atoms with van der Waals surface area (Å²) in [4.78, 5) is 26.0. The van der Waals surface area contributed by atoms with Crippen LogP contribution in [-0.4, -0.2) is 57.4 Å². The van der Waals surface area contributed by atoms with Gasteiger partial charge in [0, 0.05) is 38.4 Å². The molecule has 0 fully saturated rings. The smallest absolute Gasteiger partial charge is 0.409 e. The van der Waals surface area contributed by atoms with E-state index in [0.29, 0.717) is 24.3 Å². The van der Waals surface area contributed by atoms with Crippen molar-refractivity contribution < 1.29 is 22.7 Å². The molecule has 0 spiro atoms. The van der Waals surface area contributed by atoms with Gasteiger partial charge in [-0.25, -0.2) is 17.5 Å². The zero-order valence-electron chi connectivity index (χ0n) is 16.5. The van der Waals surface area contributed by atoms with Gasteiger partial charge in [0.05, 0.1) is 12.0 Å². The molecule has 0 aliphatic carbocycles. The molecule has 3 rings (SSSR count). The number of anilines is 1. The first-order chi connectivity index (χ1) is 13.7. The first-order valence-electron chi connectivity index (χ1n) is 9.01. The average molecular weight is 417 g/mol. The number of nitrogens with one attached hydrogen (secondary N) is 1. The number of rotatable bonds is 4. The molecule has 154 valence electrons. The molecule has 0 unspecified atom stereocenters. The molecule has 2 amide bonds. The highest BCUT2D eigenvalue weighted by molar-refractivity contribution is 7.89. The summed E-state index contributed by atoms with van der Waals surface area (Å²) < 4.78 is 30.1. The second kappa shape index (κ2) is 8.22. The number of sulfonamides is 1. The molecule has 0 atom stereocenters. The molecule has 0 aromatic heterocycles. The lowest BCUT2D eigenvalue weighted by molar-refractivity contribution is 0.102. The second-order valence-corrected chi connectivity index (χ2v) is 9.04. The zero-order chi connectivity index (χ0) is 21.2. The summed E-state index contributed by atoms with van der Waals surface area (Å²) >= 11 is 0. The summed E-state index contributed by atoms with van der Waals surface area (Å²) in [6.07, 6.45) is 0.346. The molecular formula is C20H23N3O5S. The first-order valence-corrected chi connectivity index (χ1v) is 10.4. The summed E-state index contributed by atoms with van der Waals surface area (Å²) in [5.41, 5.74) is 3.02. The van der Waals surface area contributed by atoms with Crippen LogP contribution >= 0.6 is 0 Å². The number of hydrogen-bond donors (Lipinski definition) is 1. The first kappa shape index (κ1) is 20.8. The van der Waals surface area contributed by atoms with Crippen LogP contribution in [0.15, 0.2) is 47.4 Å². The lowest BCUT2D eigenvalue weighted by atomic mass is 9.99. The molecule has 0 saturated heterocycles. The monoisotopic (exact) mass is 417 g/mol. The maximum absolute atomic E-state index is 12.5. The third kappa shape index (κ3) is 4.41. The molecule has 9 heteroatoms. The van der Waals surface area contributed by atoms with Crippen molar-refractivity contribution in [3.05, 3.63) is 59.2 Å². The van der Waals surface area contributed by atoms with Crippen LogP contribution in [0.25, 0.3) is 0 Å². The van der Waals surface area contributed by atoms with Gasteiger partial charge in [-0.3, -0.25) is 4.79 Å². The van der Waals surface area contributed by atoms with E-state index in [1.165, 1.54) is 45.5 Å². The van der Waals surface area contributed by atoms with Gasteiger partial charge >= 0.3 is 6.09 Å². The van der Waals surface area contributed by atoms with Gasteiger partial charge in [0.15, 0.2) is 0 Å². The van der Waals surface area contributed by atoms with Crippen LogP contribution in [0.2, 0.25) is 0 Å². The van der Waals surface area contributed by atoms with Gasteiger partial charge in [0.2, 0.25) is 10.0 Å². The van der Waals surface area contributed by atoms with Crippen molar-refractivity contribution in [3.63, 3.8) is 0 Å². The number of carbonyl (C=O) groups is 2. The van der Waals surface area contributed by atoms with E-state index in [4.69, 9.17) is 4.74 Å². The van der Waals surface area contributed by atoms with Gasteiger partial charge in [0.1, 0.15) is 0 Å². The predicted octanol–water partition coefficient (Wildman–Crippen LogP) is 2.31. The van der Waals surface area contributed by atoms with Gasteiger partial charge in [-0.1, -0.05) is 6.07 Å². The summed E-state index contributed by atoms with van der Waals surface area (Å²) in [7, 11) is 0.710. The van der Waals surface area contributed by atoms with E-state index in [1.54, 1.807) is 4.90 Å². The fraction of sp³-hybridized carbons (Fsp3) is 0.300. The molecule has 8 nitrogen and oxygen atoms in total. The van der Waals surface area contributed by atoms with Crippen molar-refractivity contribution in [3.8, 4) is 0 Å². The number of ether oxygens (including phenoxy) is 1. The van der Waals surface area contributed by atoms with Crippen molar-refractivity contribution in [2.24, 2.45) is 0 Å². The van der Waals surface area contributed by atoms with Gasteiger partial charge in [-0.05, 0) is 53.9 Å². The molecule has 2 aromatic carbocycles. The minimum absolute atomic E-state index is 0.121. The van der Waals surface area contributed by atoms with Crippen LogP contribution in [0.5, 0.6) is 0 Å². The Bertz CT molecular complexity index is 1030. The largest absolute Gasteiger partial charge is 0.453 e. The fourth-order valence-corrected chi connectivity index (χ4v) is 4.01. The number of nitrogens with zero attached hydrogens (tertiary/aromatic N) is 2. The Kier molecular flexibility index (Phi) is 5.90. The molecule has 0 saturated carbocycles. The molecule has 2 aromatic rings. The summed E-state index contributed by atoms with van der Waals surface area (Å²) in [5.74, 6) is -0.348. The standard InChI is InChI=1S/C20H23N3O5S/c1-22(2)29(26,27)18-8-5-15(6-9-18)19(24)21-17-7-4-14-10-11-23(20(25)28-3)13-16(14)12-17/h4-9,12H,10-11,13H2,1-3H3,(H,21,24). The second-order valence-electron chi connectivity index (χ2n) is 6.89. The zero-order valence-corrected chi connectivity index (χ0v) is 17.3. The van der Waals surface area contributed by atoms with Crippen molar-refractivity contribution in [1.82, 2.24) is 9.21 Å². The summed E-state index contributed by atoms with van der Waals surface area (Å²) in [5, 5.41) is 2.81. The number of hydrogen-bond acceptors (Lipinski definition) is 5. The third-order valence-corrected chi connectivity index (χ3v) is 6.63. The highest BCUT2D eigenvalue weighted by Crippen LogP contribution is 2.24. The molecule has 29 heavy (non-hydrogen) atoms. The Morgan fingerprint density at radius 1 is 1.07 bits per heavy atom. The van der Waals surface area contributed by atoms with E-state index in [1.807, 2.05) is 18.2 Å². The van der Waals surface area contributed by atoms with E-state index < -0.39 is 10.0 Å². The van der Waals surface area contributed by atoms with E-state index in [2.05, 4.69) is 5.32 Å². The van der Waals surface area contributed by atoms with Gasteiger partial charge in [-0.15, -0.1) is 0 Å². The summed E-state index contributed by atoms with van der Waals surface area (Å²) in [6.45, 7) is 1.01. The Morgan fingerprint density at radius 3 is 2.38 bits per heavy atom. The molecule has 1 heterocycles. The molecule has 1 aliphatic rings. The Hall–Kier alpha value is -2.91. The molecular weight excluding hydrogens is 394 g/mol. The number of amides is 2. The van der Waals surface area contributed by atoms with Crippen LogP contribution in [0.1, 0.15) is 21.5 Å². The van der Waals surface area contributed by atoms with E-state index >= 15 is 0 Å². The fourth-order valence-electron chi connectivity index (χ4n) is 3.11. The van der Waals surface area contributed by atoms with Crippen LogP contribution in [0.3, 0.4) is 0 Å². The molecule has 0 bridgehead atoms. The average Bonchev–Trinajstić information content (AvgIpc) is 2.72. The minimum Gasteiger partial charge on any atom is -0.453 e. The third-order valence-electron chi connectivity index (χ3n) is 4.80. The van der Waals surface area contributed by atoms with Gasteiger partial charge in [-0.2, -0.15) is 0 Å². The van der Waals surface area contributed by atoms with Gasteiger partial charge in [0.25, 0.3) is 5.91 Å². The lowest BCUT2D eigenvalue weighted by Crippen LogP contribution is -2.35. The predicted molar refractivity (Wildman–Crippen MR) is 108 cm³/mol. The maximum atomic E-state index is 12.5. The van der Waals surface area contributed by atoms with Crippen molar-refractivity contribution in [2.45, 2.75) is 17.9 Å². The van der Waals surface area contributed by atoms with Gasteiger partial charge < -0.3 is 15.0 Å². The number of carbonyl (C=O) groups excluding carboxylic acids is 2. The summed E-state index contributed by atoms with van der Waals surface area (Å²) in [6, 6.07) is 11.4. The Morgan fingerprint density at radius 2 is 1.76 bits per heavy atom. The topological polar surface area (TPSA) is 96.0 Å². The number of fused-ring (bicyclic) bond motifs is 1. The number of benzene rings is 2. The normalized spacial score (nSPS) is 13.7.